The van der Waals surface area contributed by atoms with Gasteiger partial charge < -0.3 is 5.11 Å². The highest BCUT2D eigenvalue weighted by molar-refractivity contribution is 9.10. The zero-order valence-electron chi connectivity index (χ0n) is 11.6. The van der Waals surface area contributed by atoms with Crippen LogP contribution in [-0.4, -0.2) is 20.9 Å². The summed E-state index contributed by atoms with van der Waals surface area (Å²) in [5.41, 5.74) is 1.10. The van der Waals surface area contributed by atoms with E-state index < -0.39 is 11.4 Å². The van der Waals surface area contributed by atoms with E-state index in [0.717, 1.165) is 22.4 Å². The number of halogens is 1. The molecule has 4 nitrogen and oxygen atoms in total. The molecule has 1 atom stereocenters. The molecular weight excluding hydrogens is 296 g/mol. The Labute approximate surface area is 117 Å². The fraction of sp³-hybridized carbons (Fsp3) is 0.692. The van der Waals surface area contributed by atoms with Crippen molar-refractivity contribution in [1.82, 2.24) is 9.78 Å². The van der Waals surface area contributed by atoms with Gasteiger partial charge >= 0.3 is 5.97 Å². The van der Waals surface area contributed by atoms with Crippen molar-refractivity contribution in [2.45, 2.75) is 47.6 Å². The standard InChI is InChI=1S/C13H21BrN2O2/c1-6-16-10(11(14)9(4)15-16)7-13(5,8(2)3)12(17)18/h8H,6-7H2,1-5H3,(H,17,18). The SMILES string of the molecule is CCn1nc(C)c(Br)c1CC(C)(C(=O)O)C(C)C. The second-order valence-electron chi connectivity index (χ2n) is 5.22. The third-order valence-corrected chi connectivity index (χ3v) is 4.78. The van der Waals surface area contributed by atoms with Gasteiger partial charge in [0, 0.05) is 13.0 Å². The van der Waals surface area contributed by atoms with E-state index in [9.17, 15) is 9.90 Å². The van der Waals surface area contributed by atoms with Crippen LogP contribution in [-0.2, 0) is 17.8 Å². The van der Waals surface area contributed by atoms with Gasteiger partial charge in [0.15, 0.2) is 0 Å². The number of nitrogens with zero attached hydrogens (tertiary/aromatic N) is 2. The van der Waals surface area contributed by atoms with E-state index in [0.29, 0.717) is 6.42 Å². The van der Waals surface area contributed by atoms with Crippen LogP contribution in [0.2, 0.25) is 0 Å². The second kappa shape index (κ2) is 5.43. The Kier molecular flexibility index (Phi) is 4.59. The molecule has 0 aromatic carbocycles. The Bertz CT molecular complexity index is 454. The quantitative estimate of drug-likeness (QED) is 0.907. The van der Waals surface area contributed by atoms with E-state index in [-0.39, 0.29) is 5.92 Å². The molecule has 0 amide bonds. The number of carboxylic acids is 1. The summed E-state index contributed by atoms with van der Waals surface area (Å²) in [6.45, 7) is 10.4. The summed E-state index contributed by atoms with van der Waals surface area (Å²) in [5.74, 6) is -0.701. The van der Waals surface area contributed by atoms with Gasteiger partial charge in [-0.15, -0.1) is 0 Å². The topological polar surface area (TPSA) is 55.1 Å². The lowest BCUT2D eigenvalue weighted by atomic mass is 9.75. The number of aliphatic carboxylic acids is 1. The largest absolute Gasteiger partial charge is 0.481 e. The van der Waals surface area contributed by atoms with Crippen LogP contribution in [0.15, 0.2) is 4.47 Å². The highest BCUT2D eigenvalue weighted by atomic mass is 79.9. The molecular formula is C13H21BrN2O2. The number of aryl methyl sites for hydroxylation is 2. The average Bonchev–Trinajstić information content (AvgIpc) is 2.55. The Morgan fingerprint density at radius 1 is 1.56 bits per heavy atom. The zero-order valence-corrected chi connectivity index (χ0v) is 13.2. The van der Waals surface area contributed by atoms with Gasteiger partial charge in [0.2, 0.25) is 0 Å². The van der Waals surface area contributed by atoms with E-state index in [2.05, 4.69) is 21.0 Å². The van der Waals surface area contributed by atoms with E-state index in [1.54, 1.807) is 6.92 Å². The maximum atomic E-state index is 11.5. The summed E-state index contributed by atoms with van der Waals surface area (Å²) in [6.07, 6.45) is 0.481. The van der Waals surface area contributed by atoms with Crippen molar-refractivity contribution in [3.8, 4) is 0 Å². The third kappa shape index (κ3) is 2.60. The van der Waals surface area contributed by atoms with Crippen LogP contribution in [0.5, 0.6) is 0 Å². The normalized spacial score (nSPS) is 14.8. The third-order valence-electron chi connectivity index (χ3n) is 3.75. The first kappa shape index (κ1) is 15.2. The van der Waals surface area contributed by atoms with Crippen LogP contribution in [0, 0.1) is 18.3 Å². The predicted molar refractivity (Wildman–Crippen MR) is 74.6 cm³/mol. The first-order valence-electron chi connectivity index (χ1n) is 6.19. The minimum absolute atomic E-state index is 0.0578. The van der Waals surface area contributed by atoms with Gasteiger partial charge in [-0.2, -0.15) is 5.10 Å². The van der Waals surface area contributed by atoms with Crippen LogP contribution in [0.4, 0.5) is 0 Å². The summed E-state index contributed by atoms with van der Waals surface area (Å²) in [4.78, 5) is 11.5. The molecule has 0 aliphatic heterocycles. The van der Waals surface area contributed by atoms with Gasteiger partial charge in [-0.1, -0.05) is 13.8 Å². The molecule has 0 saturated heterocycles. The Morgan fingerprint density at radius 3 is 2.50 bits per heavy atom. The summed E-state index contributed by atoms with van der Waals surface area (Å²) in [7, 11) is 0. The Morgan fingerprint density at radius 2 is 2.11 bits per heavy atom. The molecule has 1 unspecified atom stereocenters. The molecule has 1 N–H and O–H groups in total. The summed E-state index contributed by atoms with van der Waals surface area (Å²) in [5, 5.41) is 13.9. The van der Waals surface area contributed by atoms with Crippen LogP contribution < -0.4 is 0 Å². The second-order valence-corrected chi connectivity index (χ2v) is 6.01. The van der Waals surface area contributed by atoms with Crippen LogP contribution in [0.25, 0.3) is 0 Å². The maximum Gasteiger partial charge on any atom is 0.310 e. The van der Waals surface area contributed by atoms with Crippen molar-refractivity contribution in [2.24, 2.45) is 11.3 Å². The van der Waals surface area contributed by atoms with E-state index in [1.165, 1.54) is 0 Å². The maximum absolute atomic E-state index is 11.5. The van der Waals surface area contributed by atoms with Crippen molar-refractivity contribution in [2.75, 3.05) is 0 Å². The smallest absolute Gasteiger partial charge is 0.310 e. The fourth-order valence-corrected chi connectivity index (χ4v) is 2.34. The highest BCUT2D eigenvalue weighted by Gasteiger charge is 2.38. The van der Waals surface area contributed by atoms with Crippen LogP contribution in [0.1, 0.15) is 39.1 Å². The summed E-state index contributed by atoms with van der Waals surface area (Å²) in [6, 6.07) is 0. The fourth-order valence-electron chi connectivity index (χ4n) is 1.91. The summed E-state index contributed by atoms with van der Waals surface area (Å²) < 4.78 is 2.81. The van der Waals surface area contributed by atoms with E-state index in [1.807, 2.05) is 32.4 Å². The molecule has 0 aliphatic carbocycles. The van der Waals surface area contributed by atoms with Crippen LogP contribution >= 0.6 is 15.9 Å². The monoisotopic (exact) mass is 316 g/mol. The number of carboxylic acid groups (broad SMARTS) is 1. The minimum Gasteiger partial charge on any atom is -0.481 e. The summed E-state index contributed by atoms with van der Waals surface area (Å²) >= 11 is 3.52. The molecule has 0 aliphatic rings. The van der Waals surface area contributed by atoms with Crippen molar-refractivity contribution < 1.29 is 9.90 Å². The average molecular weight is 317 g/mol. The molecule has 1 aromatic rings. The Hall–Kier alpha value is -0.840. The molecule has 0 saturated carbocycles. The van der Waals surface area contributed by atoms with Gasteiger partial charge in [-0.25, -0.2) is 0 Å². The molecule has 1 rings (SSSR count). The van der Waals surface area contributed by atoms with Gasteiger partial charge in [0.1, 0.15) is 0 Å². The number of rotatable bonds is 5. The molecule has 1 heterocycles. The van der Waals surface area contributed by atoms with Crippen molar-refractivity contribution in [3.05, 3.63) is 15.9 Å². The van der Waals surface area contributed by atoms with Gasteiger partial charge in [0.25, 0.3) is 0 Å². The number of hydrogen-bond acceptors (Lipinski definition) is 2. The predicted octanol–water partition coefficient (Wildman–Crippen LogP) is 3.26. The van der Waals surface area contributed by atoms with Crippen LogP contribution in [0.3, 0.4) is 0 Å². The lowest BCUT2D eigenvalue weighted by Gasteiger charge is -2.29. The molecule has 0 spiro atoms. The van der Waals surface area contributed by atoms with Gasteiger partial charge in [-0.05, 0) is 42.6 Å². The van der Waals surface area contributed by atoms with E-state index >= 15 is 0 Å². The zero-order chi connectivity index (χ0) is 14.1. The number of aromatic nitrogens is 2. The van der Waals surface area contributed by atoms with Crippen molar-refractivity contribution in [1.29, 1.82) is 0 Å². The molecule has 18 heavy (non-hydrogen) atoms. The molecule has 0 bridgehead atoms. The minimum atomic E-state index is -0.776. The lowest BCUT2D eigenvalue weighted by Crippen LogP contribution is -2.36. The van der Waals surface area contributed by atoms with Gasteiger partial charge in [0.05, 0.1) is 21.3 Å². The number of carbonyl (C=O) groups is 1. The van der Waals surface area contributed by atoms with Crippen molar-refractivity contribution >= 4 is 21.9 Å². The molecule has 102 valence electrons. The highest BCUT2D eigenvalue weighted by Crippen LogP contribution is 2.35. The lowest BCUT2D eigenvalue weighted by molar-refractivity contribution is -0.150. The molecule has 1 aromatic heterocycles. The first-order valence-corrected chi connectivity index (χ1v) is 6.98. The number of hydrogen-bond donors (Lipinski definition) is 1. The Balaban J connectivity index is 3.20. The van der Waals surface area contributed by atoms with E-state index in [4.69, 9.17) is 0 Å². The molecule has 5 heteroatoms. The molecule has 0 fully saturated rings. The van der Waals surface area contributed by atoms with Gasteiger partial charge in [-0.3, -0.25) is 9.48 Å². The molecule has 0 radical (unpaired) electrons. The van der Waals surface area contributed by atoms with Crippen molar-refractivity contribution in [3.63, 3.8) is 0 Å². The first-order chi connectivity index (χ1) is 8.24.